The number of aryl methyl sites for hydroxylation is 3. The summed E-state index contributed by atoms with van der Waals surface area (Å²) in [5.41, 5.74) is 9.65. The second kappa shape index (κ2) is 4.29. The third kappa shape index (κ3) is 1.93. The Morgan fingerprint density at radius 1 is 1.20 bits per heavy atom. The van der Waals surface area contributed by atoms with Crippen molar-refractivity contribution >= 4 is 11.5 Å². The molecule has 0 atom stereocenters. The highest BCUT2D eigenvalue weighted by molar-refractivity contribution is 5.54. The summed E-state index contributed by atoms with van der Waals surface area (Å²) < 4.78 is 1.68. The summed E-state index contributed by atoms with van der Waals surface area (Å²) in [6.45, 7) is 9.89. The molecule has 0 amide bonds. The first-order valence-electron chi connectivity index (χ1n) is 5.18. The zero-order valence-electron chi connectivity index (χ0n) is 10.00. The molecule has 0 aliphatic rings. The molecule has 0 spiro atoms. The molecule has 4 nitrogen and oxygen atoms in total. The molecule has 2 heterocycles. The van der Waals surface area contributed by atoms with Gasteiger partial charge in [-0.05, 0) is 20.8 Å². The van der Waals surface area contributed by atoms with E-state index in [0.29, 0.717) is 5.82 Å². The van der Waals surface area contributed by atoms with Crippen LogP contribution >= 0.6 is 0 Å². The van der Waals surface area contributed by atoms with Crippen LogP contribution in [0.5, 0.6) is 0 Å². The Morgan fingerprint density at radius 3 is 2.40 bits per heavy atom. The van der Waals surface area contributed by atoms with E-state index in [-0.39, 0.29) is 0 Å². The summed E-state index contributed by atoms with van der Waals surface area (Å²) in [7, 11) is 0. The fourth-order valence-corrected chi connectivity index (χ4v) is 1.38. The summed E-state index contributed by atoms with van der Waals surface area (Å²) in [4.78, 5) is 4.38. The Morgan fingerprint density at radius 2 is 1.80 bits per heavy atom. The number of nitrogen functional groups attached to an aromatic ring is 1. The van der Waals surface area contributed by atoms with E-state index < -0.39 is 0 Å². The molecule has 0 aliphatic carbocycles. The van der Waals surface area contributed by atoms with Crippen molar-refractivity contribution in [3.63, 3.8) is 0 Å². The van der Waals surface area contributed by atoms with Crippen LogP contribution in [-0.4, -0.2) is 14.6 Å². The van der Waals surface area contributed by atoms with Crippen LogP contribution in [0.2, 0.25) is 0 Å². The normalized spacial score (nSPS) is 9.93. The maximum absolute atomic E-state index is 5.80. The Hall–Kier alpha value is -1.58. The maximum Gasteiger partial charge on any atom is 0.160 e. The highest BCUT2D eigenvalue weighted by atomic mass is 15.3. The van der Waals surface area contributed by atoms with Crippen LogP contribution in [0.4, 0.5) is 5.82 Å². The van der Waals surface area contributed by atoms with Crippen molar-refractivity contribution in [1.29, 1.82) is 0 Å². The van der Waals surface area contributed by atoms with Crippen LogP contribution in [0, 0.1) is 20.8 Å². The molecule has 2 aromatic heterocycles. The van der Waals surface area contributed by atoms with E-state index in [0.717, 1.165) is 22.6 Å². The van der Waals surface area contributed by atoms with Gasteiger partial charge >= 0.3 is 0 Å². The molecule has 15 heavy (non-hydrogen) atoms. The van der Waals surface area contributed by atoms with Gasteiger partial charge in [-0.2, -0.15) is 9.61 Å². The predicted octanol–water partition coefficient (Wildman–Crippen LogP) is 2.26. The number of aromatic nitrogens is 3. The zero-order valence-corrected chi connectivity index (χ0v) is 10.00. The first-order chi connectivity index (χ1) is 7.09. The first-order valence-corrected chi connectivity index (χ1v) is 5.18. The number of rotatable bonds is 0. The van der Waals surface area contributed by atoms with Gasteiger partial charge in [0.1, 0.15) is 5.82 Å². The van der Waals surface area contributed by atoms with Gasteiger partial charge in [-0.1, -0.05) is 13.8 Å². The smallest absolute Gasteiger partial charge is 0.160 e. The van der Waals surface area contributed by atoms with E-state index >= 15 is 0 Å². The lowest BCUT2D eigenvalue weighted by Gasteiger charge is -1.99. The molecule has 0 fully saturated rings. The van der Waals surface area contributed by atoms with Crippen LogP contribution < -0.4 is 5.73 Å². The molecule has 0 bridgehead atoms. The van der Waals surface area contributed by atoms with Crippen molar-refractivity contribution in [2.24, 2.45) is 0 Å². The van der Waals surface area contributed by atoms with Crippen molar-refractivity contribution in [3.8, 4) is 0 Å². The van der Waals surface area contributed by atoms with Gasteiger partial charge in [0, 0.05) is 17.3 Å². The van der Waals surface area contributed by atoms with E-state index in [1.165, 1.54) is 0 Å². The molecule has 2 rings (SSSR count). The molecular formula is C11H18N4. The van der Waals surface area contributed by atoms with Gasteiger partial charge in [0.05, 0.1) is 5.69 Å². The topological polar surface area (TPSA) is 56.2 Å². The number of nitrogens with two attached hydrogens (primary N) is 1. The first kappa shape index (κ1) is 11.5. The fourth-order valence-electron chi connectivity index (χ4n) is 1.38. The van der Waals surface area contributed by atoms with Gasteiger partial charge in [-0.25, -0.2) is 4.98 Å². The zero-order chi connectivity index (χ0) is 11.6. The Labute approximate surface area is 90.1 Å². The van der Waals surface area contributed by atoms with E-state index in [9.17, 15) is 0 Å². The minimum absolute atomic E-state index is 0.638. The molecule has 2 aromatic rings. The van der Waals surface area contributed by atoms with Crippen molar-refractivity contribution in [3.05, 3.63) is 23.0 Å². The largest absolute Gasteiger partial charge is 0.384 e. The second-order valence-corrected chi connectivity index (χ2v) is 3.27. The molecule has 0 saturated carbocycles. The highest BCUT2D eigenvalue weighted by Crippen LogP contribution is 2.15. The van der Waals surface area contributed by atoms with Crippen LogP contribution in [-0.2, 0) is 0 Å². The number of hydrogen-bond acceptors (Lipinski definition) is 3. The van der Waals surface area contributed by atoms with Crippen LogP contribution in [0.1, 0.15) is 30.8 Å². The average Bonchev–Trinajstić information content (AvgIpc) is 2.49. The maximum atomic E-state index is 5.80. The Balaban J connectivity index is 0.000000531. The minimum atomic E-state index is 0.638. The van der Waals surface area contributed by atoms with Crippen molar-refractivity contribution < 1.29 is 0 Å². The third-order valence-corrected chi connectivity index (χ3v) is 2.21. The standard InChI is InChI=1S/C9H12N4.C2H6/c1-5-4-8(10)13-9(11-5)6(2)7(3)12-13;1-2/h4H,10H2,1-3H3;1-2H3. The summed E-state index contributed by atoms with van der Waals surface area (Å²) in [5.74, 6) is 0.638. The monoisotopic (exact) mass is 206 g/mol. The lowest BCUT2D eigenvalue weighted by Crippen LogP contribution is -2.01. The molecule has 4 heteroatoms. The molecule has 0 aliphatic heterocycles. The predicted molar refractivity (Wildman–Crippen MR) is 63.0 cm³/mol. The van der Waals surface area contributed by atoms with Crippen molar-refractivity contribution in [1.82, 2.24) is 14.6 Å². The van der Waals surface area contributed by atoms with Gasteiger partial charge in [0.15, 0.2) is 5.65 Å². The van der Waals surface area contributed by atoms with Gasteiger partial charge < -0.3 is 5.73 Å². The van der Waals surface area contributed by atoms with Crippen molar-refractivity contribution in [2.45, 2.75) is 34.6 Å². The van der Waals surface area contributed by atoms with Gasteiger partial charge in [-0.15, -0.1) is 0 Å². The number of nitrogens with zero attached hydrogens (tertiary/aromatic N) is 3. The van der Waals surface area contributed by atoms with E-state index in [4.69, 9.17) is 5.73 Å². The lowest BCUT2D eigenvalue weighted by atomic mass is 10.3. The number of fused-ring (bicyclic) bond motifs is 1. The summed E-state index contributed by atoms with van der Waals surface area (Å²) in [6, 6.07) is 1.82. The Bertz CT molecular complexity index is 471. The molecular weight excluding hydrogens is 188 g/mol. The van der Waals surface area contributed by atoms with Gasteiger partial charge in [0.2, 0.25) is 0 Å². The number of anilines is 1. The molecule has 0 aromatic carbocycles. The van der Waals surface area contributed by atoms with Gasteiger partial charge in [0.25, 0.3) is 0 Å². The molecule has 0 saturated heterocycles. The molecule has 0 radical (unpaired) electrons. The average molecular weight is 206 g/mol. The van der Waals surface area contributed by atoms with E-state index in [2.05, 4.69) is 10.1 Å². The van der Waals surface area contributed by atoms with Crippen molar-refractivity contribution in [2.75, 3.05) is 5.73 Å². The van der Waals surface area contributed by atoms with Crippen LogP contribution in [0.3, 0.4) is 0 Å². The molecule has 82 valence electrons. The summed E-state index contributed by atoms with van der Waals surface area (Å²) in [5, 5.41) is 4.28. The quantitative estimate of drug-likeness (QED) is 0.719. The fraction of sp³-hybridized carbons (Fsp3) is 0.455. The summed E-state index contributed by atoms with van der Waals surface area (Å²) >= 11 is 0. The molecule has 2 N–H and O–H groups in total. The van der Waals surface area contributed by atoms with E-state index in [1.54, 1.807) is 4.52 Å². The third-order valence-electron chi connectivity index (χ3n) is 2.21. The van der Waals surface area contributed by atoms with E-state index in [1.807, 2.05) is 40.7 Å². The SMILES string of the molecule is CC.Cc1cc(N)n2nc(C)c(C)c2n1. The van der Waals surface area contributed by atoms with Crippen LogP contribution in [0.15, 0.2) is 6.07 Å². The van der Waals surface area contributed by atoms with Crippen LogP contribution in [0.25, 0.3) is 5.65 Å². The second-order valence-electron chi connectivity index (χ2n) is 3.27. The Kier molecular flexibility index (Phi) is 3.29. The van der Waals surface area contributed by atoms with Gasteiger partial charge in [-0.3, -0.25) is 0 Å². The summed E-state index contributed by atoms with van der Waals surface area (Å²) in [6.07, 6.45) is 0. The number of hydrogen-bond donors (Lipinski definition) is 1. The molecule has 0 unspecified atom stereocenters. The minimum Gasteiger partial charge on any atom is -0.384 e. The highest BCUT2D eigenvalue weighted by Gasteiger charge is 2.08. The lowest BCUT2D eigenvalue weighted by molar-refractivity contribution is 0.921.